The molecule has 5 nitrogen and oxygen atoms in total. The molecular weight excluding hydrogens is 431 g/mol. The van der Waals surface area contributed by atoms with Crippen LogP contribution in [0.15, 0.2) is 59.1 Å². The molecule has 0 atom stereocenters. The second-order valence-electron chi connectivity index (χ2n) is 7.51. The summed E-state index contributed by atoms with van der Waals surface area (Å²) >= 11 is 3.18. The molecule has 2 aromatic carbocycles. The summed E-state index contributed by atoms with van der Waals surface area (Å²) in [6.45, 7) is 2.51. The maximum Gasteiger partial charge on any atom is 0.192 e. The van der Waals surface area contributed by atoms with E-state index in [0.717, 1.165) is 34.4 Å². The largest absolute Gasteiger partial charge is 0.486 e. The normalized spacial score (nSPS) is 13.5. The summed E-state index contributed by atoms with van der Waals surface area (Å²) in [5.41, 5.74) is 2.69. The molecular formula is C23H21FN4OS2. The van der Waals surface area contributed by atoms with E-state index in [9.17, 15) is 4.39 Å². The van der Waals surface area contributed by atoms with Gasteiger partial charge in [-0.15, -0.1) is 21.5 Å². The van der Waals surface area contributed by atoms with E-state index in [1.54, 1.807) is 35.2 Å². The van der Waals surface area contributed by atoms with Gasteiger partial charge in [0.2, 0.25) is 0 Å². The van der Waals surface area contributed by atoms with Gasteiger partial charge in [-0.05, 0) is 44.0 Å². The lowest BCUT2D eigenvalue weighted by molar-refractivity contribution is 0.305. The zero-order chi connectivity index (χ0) is 21.2. The summed E-state index contributed by atoms with van der Waals surface area (Å²) in [5.74, 6) is 1.86. The first kappa shape index (κ1) is 20.2. The van der Waals surface area contributed by atoms with Crippen LogP contribution in [0, 0.1) is 12.7 Å². The highest BCUT2D eigenvalue weighted by atomic mass is 32.2. The van der Waals surface area contributed by atoms with E-state index in [2.05, 4.69) is 32.1 Å². The maximum atomic E-state index is 14.3. The molecule has 0 saturated heterocycles. The fourth-order valence-electron chi connectivity index (χ4n) is 3.26. The number of rotatable bonds is 8. The maximum absolute atomic E-state index is 14.3. The molecule has 0 unspecified atom stereocenters. The van der Waals surface area contributed by atoms with Crippen molar-refractivity contribution in [3.05, 3.63) is 76.0 Å². The predicted octanol–water partition coefficient (Wildman–Crippen LogP) is 6.06. The third-order valence-electron chi connectivity index (χ3n) is 5.02. The van der Waals surface area contributed by atoms with Crippen LogP contribution in [0.5, 0.6) is 5.75 Å². The van der Waals surface area contributed by atoms with Crippen LogP contribution in [0.25, 0.3) is 11.4 Å². The van der Waals surface area contributed by atoms with Crippen molar-refractivity contribution < 1.29 is 9.13 Å². The topological polar surface area (TPSA) is 52.8 Å². The zero-order valence-electron chi connectivity index (χ0n) is 17.0. The Morgan fingerprint density at radius 3 is 2.71 bits per heavy atom. The van der Waals surface area contributed by atoms with Crippen LogP contribution in [0.2, 0.25) is 0 Å². The minimum atomic E-state index is -0.272. The van der Waals surface area contributed by atoms with Crippen molar-refractivity contribution in [3.63, 3.8) is 0 Å². The van der Waals surface area contributed by atoms with Gasteiger partial charge in [0.15, 0.2) is 11.0 Å². The van der Waals surface area contributed by atoms with E-state index < -0.39 is 0 Å². The number of thioether (sulfide) groups is 1. The first-order chi connectivity index (χ1) is 15.2. The third kappa shape index (κ3) is 4.65. The lowest BCUT2D eigenvalue weighted by Crippen LogP contribution is -2.01. The standard InChI is InChI=1S/C23H21FN4OS2/c1-15-6-10-18(11-7-15)29-12-21-25-16(13-30-21)14-31-23-27-26-22(28(23)17-8-9-17)19-4-2-3-5-20(19)24/h2-7,10-11,13,17H,8-9,12,14H2,1H3. The lowest BCUT2D eigenvalue weighted by atomic mass is 10.2. The molecule has 0 bridgehead atoms. The molecule has 2 aromatic heterocycles. The van der Waals surface area contributed by atoms with Gasteiger partial charge in [0, 0.05) is 17.2 Å². The summed E-state index contributed by atoms with van der Waals surface area (Å²) in [5, 5.41) is 12.5. The Labute approximate surface area is 188 Å². The number of nitrogens with zero attached hydrogens (tertiary/aromatic N) is 4. The monoisotopic (exact) mass is 452 g/mol. The molecule has 1 fully saturated rings. The molecule has 0 amide bonds. The second kappa shape index (κ2) is 8.80. The summed E-state index contributed by atoms with van der Waals surface area (Å²) in [7, 11) is 0. The van der Waals surface area contributed by atoms with Gasteiger partial charge in [-0.1, -0.05) is 41.6 Å². The third-order valence-corrected chi connectivity index (χ3v) is 6.87. The summed E-state index contributed by atoms with van der Waals surface area (Å²) in [4.78, 5) is 4.68. The van der Waals surface area contributed by atoms with Gasteiger partial charge in [-0.3, -0.25) is 4.57 Å². The molecule has 1 aliphatic rings. The van der Waals surface area contributed by atoms with Crippen LogP contribution in [-0.2, 0) is 12.4 Å². The summed E-state index contributed by atoms with van der Waals surface area (Å²) < 4.78 is 22.2. The van der Waals surface area contributed by atoms with Gasteiger partial charge >= 0.3 is 0 Å². The molecule has 1 aliphatic carbocycles. The zero-order valence-corrected chi connectivity index (χ0v) is 18.6. The number of halogens is 1. The molecule has 8 heteroatoms. The quantitative estimate of drug-likeness (QED) is 0.304. The van der Waals surface area contributed by atoms with Crippen molar-refractivity contribution in [1.29, 1.82) is 0 Å². The molecule has 0 radical (unpaired) electrons. The van der Waals surface area contributed by atoms with Gasteiger partial charge < -0.3 is 4.74 Å². The number of aryl methyl sites for hydroxylation is 1. The highest BCUT2D eigenvalue weighted by Gasteiger charge is 2.31. The first-order valence-corrected chi connectivity index (χ1v) is 12.0. The minimum Gasteiger partial charge on any atom is -0.486 e. The molecule has 31 heavy (non-hydrogen) atoms. The molecule has 0 aliphatic heterocycles. The van der Waals surface area contributed by atoms with Crippen molar-refractivity contribution in [1.82, 2.24) is 19.7 Å². The van der Waals surface area contributed by atoms with Crippen LogP contribution in [0.4, 0.5) is 4.39 Å². The number of hydrogen-bond donors (Lipinski definition) is 0. The average Bonchev–Trinajstić information content (AvgIpc) is 3.37. The van der Waals surface area contributed by atoms with Gasteiger partial charge in [0.25, 0.3) is 0 Å². The van der Waals surface area contributed by atoms with Crippen LogP contribution >= 0.6 is 23.1 Å². The van der Waals surface area contributed by atoms with Gasteiger partial charge in [0.1, 0.15) is 23.2 Å². The van der Waals surface area contributed by atoms with Crippen LogP contribution in [0.1, 0.15) is 35.1 Å². The van der Waals surface area contributed by atoms with Gasteiger partial charge in [0.05, 0.1) is 11.3 Å². The van der Waals surface area contributed by atoms with Crippen molar-refractivity contribution in [2.24, 2.45) is 0 Å². The molecule has 0 spiro atoms. The lowest BCUT2D eigenvalue weighted by Gasteiger charge is -2.09. The van der Waals surface area contributed by atoms with Gasteiger partial charge in [-0.25, -0.2) is 9.37 Å². The SMILES string of the molecule is Cc1ccc(OCc2nc(CSc3nnc(-c4ccccc4F)n3C3CC3)cs2)cc1. The predicted molar refractivity (Wildman–Crippen MR) is 121 cm³/mol. The number of ether oxygens (including phenoxy) is 1. The van der Waals surface area contributed by atoms with Crippen molar-refractivity contribution in [2.45, 2.75) is 43.3 Å². The Bertz CT molecular complexity index is 1180. The average molecular weight is 453 g/mol. The van der Waals surface area contributed by atoms with Crippen molar-refractivity contribution in [2.75, 3.05) is 0 Å². The fraction of sp³-hybridized carbons (Fsp3) is 0.261. The fourth-order valence-corrected chi connectivity index (χ4v) is 4.97. The van der Waals surface area contributed by atoms with E-state index in [0.29, 0.717) is 29.8 Å². The van der Waals surface area contributed by atoms with Crippen LogP contribution in [-0.4, -0.2) is 19.7 Å². The Hall–Kier alpha value is -2.71. The Morgan fingerprint density at radius 1 is 1.13 bits per heavy atom. The van der Waals surface area contributed by atoms with E-state index in [1.165, 1.54) is 11.6 Å². The highest BCUT2D eigenvalue weighted by Crippen LogP contribution is 2.41. The second-order valence-corrected chi connectivity index (χ2v) is 9.40. The van der Waals surface area contributed by atoms with Crippen LogP contribution < -0.4 is 4.74 Å². The minimum absolute atomic E-state index is 0.272. The molecule has 158 valence electrons. The Kier molecular flexibility index (Phi) is 5.74. The summed E-state index contributed by atoms with van der Waals surface area (Å²) in [6.07, 6.45) is 2.15. The first-order valence-electron chi connectivity index (χ1n) is 10.1. The van der Waals surface area contributed by atoms with E-state index in [4.69, 9.17) is 4.74 Å². The molecule has 0 N–H and O–H groups in total. The van der Waals surface area contributed by atoms with Gasteiger partial charge in [-0.2, -0.15) is 0 Å². The van der Waals surface area contributed by atoms with Crippen LogP contribution in [0.3, 0.4) is 0 Å². The summed E-state index contributed by atoms with van der Waals surface area (Å²) in [6, 6.07) is 15.1. The smallest absolute Gasteiger partial charge is 0.192 e. The van der Waals surface area contributed by atoms with E-state index in [-0.39, 0.29) is 5.82 Å². The Balaban J connectivity index is 1.25. The number of benzene rings is 2. The number of hydrogen-bond acceptors (Lipinski definition) is 6. The molecule has 5 rings (SSSR count). The number of thiazole rings is 1. The Morgan fingerprint density at radius 2 is 1.94 bits per heavy atom. The molecule has 1 saturated carbocycles. The van der Waals surface area contributed by atoms with E-state index >= 15 is 0 Å². The molecule has 2 heterocycles. The molecule has 4 aromatic rings. The number of aromatic nitrogens is 4. The van der Waals surface area contributed by atoms with Crippen molar-refractivity contribution in [3.8, 4) is 17.1 Å². The highest BCUT2D eigenvalue weighted by molar-refractivity contribution is 7.98. The van der Waals surface area contributed by atoms with E-state index in [1.807, 2.05) is 30.3 Å². The van der Waals surface area contributed by atoms with Crippen molar-refractivity contribution >= 4 is 23.1 Å².